The lowest BCUT2D eigenvalue weighted by molar-refractivity contribution is -0.122. The molecule has 0 saturated heterocycles. The number of fused-ring (bicyclic) bond motifs is 2. The molecule has 1 amide bonds. The molecule has 8 heteroatoms. The van der Waals surface area contributed by atoms with Crippen molar-refractivity contribution in [1.29, 1.82) is 0 Å². The Kier molecular flexibility index (Phi) is 7.64. The first-order valence-electron chi connectivity index (χ1n) is 13.1. The molecule has 0 spiro atoms. The van der Waals surface area contributed by atoms with Crippen LogP contribution in [0, 0.1) is 0 Å². The van der Waals surface area contributed by atoms with E-state index in [0.717, 1.165) is 38.1 Å². The summed E-state index contributed by atoms with van der Waals surface area (Å²) in [5.41, 5.74) is 4.26. The Balaban J connectivity index is 1.41. The maximum Gasteiger partial charge on any atom is 0.262 e. The minimum Gasteiger partial charge on any atom is -0.493 e. The Morgan fingerprint density at radius 2 is 1.62 bits per heavy atom. The highest BCUT2D eigenvalue weighted by molar-refractivity contribution is 7.80. The molecule has 2 heterocycles. The van der Waals surface area contributed by atoms with Gasteiger partial charge in [-0.25, -0.2) is 4.21 Å². The van der Waals surface area contributed by atoms with Gasteiger partial charge in [0.15, 0.2) is 0 Å². The quantitative estimate of drug-likeness (QED) is 0.205. The van der Waals surface area contributed by atoms with Gasteiger partial charge in [0.05, 0.1) is 18.3 Å². The Labute approximate surface area is 239 Å². The van der Waals surface area contributed by atoms with Gasteiger partial charge in [-0.3, -0.25) is 13.7 Å². The molecular formula is C32H28N2O4S2. The van der Waals surface area contributed by atoms with E-state index in [9.17, 15) is 13.6 Å². The van der Waals surface area contributed by atoms with Crippen LogP contribution in [0.5, 0.6) is 5.75 Å². The summed E-state index contributed by atoms with van der Waals surface area (Å²) in [6.45, 7) is 0.571. The first-order valence-corrected chi connectivity index (χ1v) is 15.0. The number of nitrogens with one attached hydrogen (secondary N) is 1. The van der Waals surface area contributed by atoms with Gasteiger partial charge in [0, 0.05) is 17.5 Å². The Bertz CT molecular complexity index is 1620. The highest BCUT2D eigenvalue weighted by atomic mass is 32.2. The highest BCUT2D eigenvalue weighted by Crippen LogP contribution is 2.33. The number of rotatable bonds is 9. The van der Waals surface area contributed by atoms with Gasteiger partial charge in [-0.05, 0) is 57.3 Å². The second-order valence-electron chi connectivity index (χ2n) is 9.69. The van der Waals surface area contributed by atoms with Gasteiger partial charge >= 0.3 is 0 Å². The Hall–Kier alpha value is -3.98. The van der Waals surface area contributed by atoms with E-state index in [2.05, 4.69) is 5.32 Å². The summed E-state index contributed by atoms with van der Waals surface area (Å²) in [6.07, 6.45) is 0.969. The molecule has 1 aliphatic heterocycles. The molecule has 1 aliphatic rings. The van der Waals surface area contributed by atoms with Crippen molar-refractivity contribution in [3.63, 3.8) is 0 Å². The number of hydrogen-bond acceptors (Lipinski definition) is 4. The summed E-state index contributed by atoms with van der Waals surface area (Å²) in [4.78, 5) is 14.3. The van der Waals surface area contributed by atoms with Crippen LogP contribution in [-0.2, 0) is 28.9 Å². The third-order valence-electron chi connectivity index (χ3n) is 7.21. The highest BCUT2D eigenvalue weighted by Gasteiger charge is 2.34. The first kappa shape index (κ1) is 26.3. The second kappa shape index (κ2) is 11.6. The summed E-state index contributed by atoms with van der Waals surface area (Å²) >= 11 is -0.863. The molecule has 4 aromatic carbocycles. The molecule has 0 radical (unpaired) electrons. The van der Waals surface area contributed by atoms with Gasteiger partial charge < -0.3 is 10.1 Å². The van der Waals surface area contributed by atoms with Gasteiger partial charge in [0.2, 0.25) is 5.91 Å². The number of ether oxygens (including phenoxy) is 1. The van der Waals surface area contributed by atoms with Crippen LogP contribution in [0.15, 0.2) is 109 Å². The third kappa shape index (κ3) is 5.38. The average Bonchev–Trinajstić information content (AvgIpc) is 3.63. The number of nitrogens with zero attached hydrogens (tertiary/aromatic N) is 1. The molecule has 0 fully saturated rings. The molecule has 2 atom stereocenters. The summed E-state index contributed by atoms with van der Waals surface area (Å²) in [5.74, 6) is 0.428. The van der Waals surface area contributed by atoms with E-state index < -0.39 is 23.4 Å². The molecule has 0 aliphatic carbocycles. The topological polar surface area (TPSA) is 78.9 Å². The SMILES string of the molecule is O=C(NC(c1ccccc1)c1ccccc1)C(Cc1csc2ccccc12)N(c1ccc2c(c1)CCO2)S(=O)O. The Morgan fingerprint density at radius 1 is 0.950 bits per heavy atom. The van der Waals surface area contributed by atoms with E-state index in [1.807, 2.05) is 102 Å². The molecule has 6 nitrogen and oxygen atoms in total. The largest absolute Gasteiger partial charge is 0.493 e. The standard InChI is InChI=1S/C32H28N2O4S2/c35-32(33-31(22-9-3-1-4-10-22)23-11-5-2-6-12-23)28(20-25-21-39-30-14-8-7-13-27(25)30)34(40(36)37)26-15-16-29-24(19-26)17-18-38-29/h1-16,19,21,28,31H,17-18,20H2,(H,33,35)(H,36,37). The van der Waals surface area contributed by atoms with Gasteiger partial charge in [-0.2, -0.15) is 0 Å². The van der Waals surface area contributed by atoms with Crippen molar-refractivity contribution in [2.24, 2.45) is 0 Å². The predicted octanol–water partition coefficient (Wildman–Crippen LogP) is 6.30. The lowest BCUT2D eigenvalue weighted by atomic mass is 9.97. The first-order chi connectivity index (χ1) is 19.6. The van der Waals surface area contributed by atoms with E-state index in [1.54, 1.807) is 17.4 Å². The minimum absolute atomic E-state index is 0.256. The van der Waals surface area contributed by atoms with E-state index in [1.165, 1.54) is 4.31 Å². The molecule has 6 rings (SSSR count). The van der Waals surface area contributed by atoms with Crippen LogP contribution in [0.3, 0.4) is 0 Å². The molecule has 2 N–H and O–H groups in total. The van der Waals surface area contributed by atoms with E-state index in [0.29, 0.717) is 18.7 Å². The fourth-order valence-corrected chi connectivity index (χ4v) is 6.92. The summed E-state index contributed by atoms with van der Waals surface area (Å²) in [5, 5.41) is 6.29. The van der Waals surface area contributed by atoms with Crippen LogP contribution in [-0.4, -0.2) is 27.3 Å². The van der Waals surface area contributed by atoms with Crippen molar-refractivity contribution in [3.05, 3.63) is 131 Å². The second-order valence-corrected chi connectivity index (χ2v) is 11.5. The van der Waals surface area contributed by atoms with Crippen molar-refractivity contribution in [2.45, 2.75) is 24.9 Å². The maximum absolute atomic E-state index is 14.3. The molecule has 40 heavy (non-hydrogen) atoms. The molecule has 202 valence electrons. The lowest BCUT2D eigenvalue weighted by Crippen LogP contribution is -2.50. The van der Waals surface area contributed by atoms with Gasteiger partial charge in [-0.15, -0.1) is 11.3 Å². The van der Waals surface area contributed by atoms with E-state index in [-0.39, 0.29) is 12.3 Å². The zero-order valence-electron chi connectivity index (χ0n) is 21.6. The van der Waals surface area contributed by atoms with Crippen molar-refractivity contribution >= 4 is 44.3 Å². The number of benzene rings is 4. The molecule has 0 bridgehead atoms. The zero-order valence-corrected chi connectivity index (χ0v) is 23.2. The van der Waals surface area contributed by atoms with Gasteiger partial charge in [0.25, 0.3) is 11.3 Å². The third-order valence-corrected chi connectivity index (χ3v) is 9.02. The minimum atomic E-state index is -2.47. The normalized spacial score (nSPS) is 13.9. The monoisotopic (exact) mass is 568 g/mol. The van der Waals surface area contributed by atoms with Crippen LogP contribution in [0.25, 0.3) is 10.1 Å². The number of carbonyl (C=O) groups is 1. The predicted molar refractivity (Wildman–Crippen MR) is 161 cm³/mol. The fourth-order valence-electron chi connectivity index (χ4n) is 5.26. The van der Waals surface area contributed by atoms with Crippen LogP contribution in [0.4, 0.5) is 5.69 Å². The molecule has 5 aromatic rings. The zero-order chi connectivity index (χ0) is 27.5. The average molecular weight is 569 g/mol. The summed E-state index contributed by atoms with van der Waals surface area (Å²) in [7, 11) is 0. The number of thiophene rings is 1. The molecular weight excluding hydrogens is 540 g/mol. The van der Waals surface area contributed by atoms with Crippen molar-refractivity contribution in [3.8, 4) is 5.75 Å². The van der Waals surface area contributed by atoms with Crippen molar-refractivity contribution in [2.75, 3.05) is 10.9 Å². The molecule has 1 aromatic heterocycles. The smallest absolute Gasteiger partial charge is 0.262 e. The van der Waals surface area contributed by atoms with E-state index in [4.69, 9.17) is 4.74 Å². The molecule has 0 saturated carbocycles. The van der Waals surface area contributed by atoms with Crippen LogP contribution >= 0.6 is 11.3 Å². The van der Waals surface area contributed by atoms with E-state index >= 15 is 0 Å². The summed E-state index contributed by atoms with van der Waals surface area (Å²) in [6, 6.07) is 31.6. The van der Waals surface area contributed by atoms with Crippen molar-refractivity contribution < 1.29 is 18.3 Å². The maximum atomic E-state index is 14.3. The van der Waals surface area contributed by atoms with Crippen LogP contribution in [0.1, 0.15) is 28.3 Å². The van der Waals surface area contributed by atoms with Crippen LogP contribution in [0.2, 0.25) is 0 Å². The number of amides is 1. The molecule has 2 unspecified atom stereocenters. The van der Waals surface area contributed by atoms with Crippen LogP contribution < -0.4 is 14.4 Å². The Morgan fingerprint density at radius 3 is 2.33 bits per heavy atom. The number of anilines is 1. The van der Waals surface area contributed by atoms with Gasteiger partial charge in [-0.1, -0.05) is 78.9 Å². The summed E-state index contributed by atoms with van der Waals surface area (Å²) < 4.78 is 31.7. The number of carbonyl (C=O) groups excluding carboxylic acids is 1. The fraction of sp³-hybridized carbons (Fsp3) is 0.156. The van der Waals surface area contributed by atoms with Gasteiger partial charge in [0.1, 0.15) is 11.8 Å². The lowest BCUT2D eigenvalue weighted by Gasteiger charge is -2.31. The number of hydrogen-bond donors (Lipinski definition) is 2. The van der Waals surface area contributed by atoms with Crippen molar-refractivity contribution in [1.82, 2.24) is 5.32 Å².